The molecule has 0 amide bonds. The zero-order chi connectivity index (χ0) is 12.8. The summed E-state index contributed by atoms with van der Waals surface area (Å²) in [6.07, 6.45) is 0.253. The standard InChI is InChI=1S/C16H18O2/c1-11-12(2)18-16(3,17-11)15-9-8-13-6-4-5-7-14(13)10-15/h4-12H,1-3H3/t11-,12-/m1/s1. The van der Waals surface area contributed by atoms with E-state index < -0.39 is 5.79 Å². The van der Waals surface area contributed by atoms with Gasteiger partial charge in [0.2, 0.25) is 0 Å². The molecule has 2 aromatic carbocycles. The Morgan fingerprint density at radius 1 is 0.889 bits per heavy atom. The molecule has 0 unspecified atom stereocenters. The van der Waals surface area contributed by atoms with Crippen LogP contribution in [0.25, 0.3) is 10.8 Å². The van der Waals surface area contributed by atoms with Gasteiger partial charge in [0.25, 0.3) is 0 Å². The number of fused-ring (bicyclic) bond motifs is 1. The van der Waals surface area contributed by atoms with Gasteiger partial charge in [0.15, 0.2) is 5.79 Å². The number of hydrogen-bond acceptors (Lipinski definition) is 2. The highest BCUT2D eigenvalue weighted by atomic mass is 16.8. The lowest BCUT2D eigenvalue weighted by Gasteiger charge is -2.24. The highest BCUT2D eigenvalue weighted by Crippen LogP contribution is 2.37. The molecule has 1 fully saturated rings. The molecule has 1 saturated heterocycles. The summed E-state index contributed by atoms with van der Waals surface area (Å²) in [5.41, 5.74) is 1.08. The van der Waals surface area contributed by atoms with Gasteiger partial charge >= 0.3 is 0 Å². The van der Waals surface area contributed by atoms with Crippen LogP contribution in [0.15, 0.2) is 42.5 Å². The Morgan fingerprint density at radius 3 is 2.17 bits per heavy atom. The molecule has 2 heteroatoms. The van der Waals surface area contributed by atoms with Crippen LogP contribution in [0, 0.1) is 0 Å². The highest BCUT2D eigenvalue weighted by Gasteiger charge is 2.41. The number of benzene rings is 2. The van der Waals surface area contributed by atoms with Crippen molar-refractivity contribution in [2.45, 2.75) is 38.8 Å². The van der Waals surface area contributed by atoms with Crippen molar-refractivity contribution < 1.29 is 9.47 Å². The van der Waals surface area contributed by atoms with Crippen molar-refractivity contribution in [2.24, 2.45) is 0 Å². The molecular formula is C16H18O2. The molecule has 94 valence electrons. The molecule has 18 heavy (non-hydrogen) atoms. The molecule has 1 aliphatic rings. The normalized spacial score (nSPS) is 26.6. The van der Waals surface area contributed by atoms with Crippen LogP contribution in [0.1, 0.15) is 26.3 Å². The number of hydrogen-bond donors (Lipinski definition) is 0. The molecule has 2 nitrogen and oxygen atoms in total. The SMILES string of the molecule is C[C@H]1OC(C)(c2ccc3ccccc3c2)O[C@@H]1C. The summed E-state index contributed by atoms with van der Waals surface area (Å²) in [6, 6.07) is 14.7. The van der Waals surface area contributed by atoms with Crippen LogP contribution in [-0.4, -0.2) is 12.2 Å². The van der Waals surface area contributed by atoms with Crippen LogP contribution in [0.4, 0.5) is 0 Å². The molecule has 2 aromatic rings. The topological polar surface area (TPSA) is 18.5 Å². The Balaban J connectivity index is 2.04. The largest absolute Gasteiger partial charge is 0.340 e. The van der Waals surface area contributed by atoms with Gasteiger partial charge in [-0.05, 0) is 37.6 Å². The third-order valence-electron chi connectivity index (χ3n) is 3.76. The smallest absolute Gasteiger partial charge is 0.192 e. The van der Waals surface area contributed by atoms with E-state index in [1.54, 1.807) is 0 Å². The molecule has 0 bridgehead atoms. The molecule has 0 saturated carbocycles. The molecule has 3 rings (SSSR count). The Hall–Kier alpha value is -1.38. The summed E-state index contributed by atoms with van der Waals surface area (Å²) in [7, 11) is 0. The van der Waals surface area contributed by atoms with E-state index in [0.717, 1.165) is 5.56 Å². The zero-order valence-corrected chi connectivity index (χ0v) is 11.0. The quantitative estimate of drug-likeness (QED) is 0.756. The van der Waals surface area contributed by atoms with Crippen molar-refractivity contribution in [1.82, 2.24) is 0 Å². The maximum absolute atomic E-state index is 5.97. The Labute approximate surface area is 108 Å². The fraction of sp³-hybridized carbons (Fsp3) is 0.375. The monoisotopic (exact) mass is 242 g/mol. The molecule has 2 atom stereocenters. The highest BCUT2D eigenvalue weighted by molar-refractivity contribution is 5.83. The van der Waals surface area contributed by atoms with E-state index in [4.69, 9.17) is 9.47 Å². The van der Waals surface area contributed by atoms with Gasteiger partial charge < -0.3 is 9.47 Å². The van der Waals surface area contributed by atoms with Gasteiger partial charge in [-0.3, -0.25) is 0 Å². The molecule has 1 aliphatic heterocycles. The molecule has 0 radical (unpaired) electrons. The minimum Gasteiger partial charge on any atom is -0.340 e. The van der Waals surface area contributed by atoms with Crippen molar-refractivity contribution in [3.05, 3.63) is 48.0 Å². The van der Waals surface area contributed by atoms with Crippen molar-refractivity contribution >= 4 is 10.8 Å². The zero-order valence-electron chi connectivity index (χ0n) is 11.0. The Bertz CT molecular complexity index is 566. The number of ether oxygens (including phenoxy) is 2. The lowest BCUT2D eigenvalue weighted by molar-refractivity contribution is -0.166. The summed E-state index contributed by atoms with van der Waals surface area (Å²) in [6.45, 7) is 6.10. The third-order valence-corrected chi connectivity index (χ3v) is 3.76. The van der Waals surface area contributed by atoms with Crippen molar-refractivity contribution in [2.75, 3.05) is 0 Å². The van der Waals surface area contributed by atoms with E-state index in [1.165, 1.54) is 10.8 Å². The second kappa shape index (κ2) is 4.08. The first-order valence-corrected chi connectivity index (χ1v) is 6.43. The van der Waals surface area contributed by atoms with Crippen molar-refractivity contribution in [1.29, 1.82) is 0 Å². The fourth-order valence-corrected chi connectivity index (χ4v) is 2.54. The van der Waals surface area contributed by atoms with E-state index in [9.17, 15) is 0 Å². The minimum atomic E-state index is -0.622. The van der Waals surface area contributed by atoms with Gasteiger partial charge in [-0.25, -0.2) is 0 Å². The molecule has 0 aromatic heterocycles. The van der Waals surface area contributed by atoms with E-state index in [1.807, 2.05) is 6.92 Å². The Morgan fingerprint density at radius 2 is 1.50 bits per heavy atom. The summed E-state index contributed by atoms with van der Waals surface area (Å²) < 4.78 is 11.9. The maximum Gasteiger partial charge on any atom is 0.192 e. The van der Waals surface area contributed by atoms with Gasteiger partial charge in [0, 0.05) is 5.56 Å². The van der Waals surface area contributed by atoms with Crippen LogP contribution < -0.4 is 0 Å². The summed E-state index contributed by atoms with van der Waals surface area (Å²) in [5.74, 6) is -0.622. The van der Waals surface area contributed by atoms with E-state index in [0.29, 0.717) is 0 Å². The van der Waals surface area contributed by atoms with Crippen molar-refractivity contribution in [3.8, 4) is 0 Å². The molecule has 0 N–H and O–H groups in total. The van der Waals surface area contributed by atoms with Crippen LogP contribution >= 0.6 is 0 Å². The third kappa shape index (κ3) is 1.82. The average molecular weight is 242 g/mol. The maximum atomic E-state index is 5.97. The van der Waals surface area contributed by atoms with Gasteiger partial charge in [0.1, 0.15) is 0 Å². The molecule has 0 spiro atoms. The summed E-state index contributed by atoms with van der Waals surface area (Å²) in [5, 5.41) is 2.46. The predicted octanol–water partition coefficient (Wildman–Crippen LogP) is 3.84. The second-order valence-corrected chi connectivity index (χ2v) is 5.15. The van der Waals surface area contributed by atoms with Crippen LogP contribution in [0.5, 0.6) is 0 Å². The second-order valence-electron chi connectivity index (χ2n) is 5.15. The first-order chi connectivity index (χ1) is 8.58. The minimum absolute atomic E-state index is 0.126. The van der Waals surface area contributed by atoms with E-state index in [-0.39, 0.29) is 12.2 Å². The van der Waals surface area contributed by atoms with E-state index >= 15 is 0 Å². The fourth-order valence-electron chi connectivity index (χ4n) is 2.54. The van der Waals surface area contributed by atoms with Gasteiger partial charge in [-0.1, -0.05) is 36.4 Å². The lowest BCUT2D eigenvalue weighted by atomic mass is 10.0. The predicted molar refractivity (Wildman–Crippen MR) is 72.4 cm³/mol. The first-order valence-electron chi connectivity index (χ1n) is 6.43. The van der Waals surface area contributed by atoms with Gasteiger partial charge in [-0.15, -0.1) is 0 Å². The molecule has 1 heterocycles. The van der Waals surface area contributed by atoms with Crippen LogP contribution in [0.2, 0.25) is 0 Å². The lowest BCUT2D eigenvalue weighted by Crippen LogP contribution is -2.23. The Kier molecular flexibility index (Phi) is 2.65. The van der Waals surface area contributed by atoms with Crippen LogP contribution in [-0.2, 0) is 15.3 Å². The average Bonchev–Trinajstić information content (AvgIpc) is 2.64. The van der Waals surface area contributed by atoms with Crippen molar-refractivity contribution in [3.63, 3.8) is 0 Å². The molecule has 0 aliphatic carbocycles. The molecular weight excluding hydrogens is 224 g/mol. The summed E-state index contributed by atoms with van der Waals surface area (Å²) in [4.78, 5) is 0. The summed E-state index contributed by atoms with van der Waals surface area (Å²) >= 11 is 0. The first kappa shape index (κ1) is 11.7. The van der Waals surface area contributed by atoms with Gasteiger partial charge in [0.05, 0.1) is 12.2 Å². The van der Waals surface area contributed by atoms with E-state index in [2.05, 4.69) is 56.3 Å². The van der Waals surface area contributed by atoms with Gasteiger partial charge in [-0.2, -0.15) is 0 Å². The number of rotatable bonds is 1. The van der Waals surface area contributed by atoms with Crippen LogP contribution in [0.3, 0.4) is 0 Å².